The molecule has 2 amide bonds. The van der Waals surface area contributed by atoms with Crippen molar-refractivity contribution in [1.29, 1.82) is 0 Å². The van der Waals surface area contributed by atoms with Gasteiger partial charge in [0.05, 0.1) is 18.2 Å². The monoisotopic (exact) mass is 476 g/mol. The Kier molecular flexibility index (Phi) is 8.42. The number of hydrogen-bond acceptors (Lipinski definition) is 4. The highest BCUT2D eigenvalue weighted by molar-refractivity contribution is 6.35. The number of esters is 1. The Bertz CT molecular complexity index is 1020. The number of halogens is 2. The number of carbonyl (C=O) groups is 2. The largest absolute Gasteiger partial charge is 0.488 e. The van der Waals surface area contributed by atoms with Crippen molar-refractivity contribution in [2.75, 3.05) is 6.61 Å². The van der Waals surface area contributed by atoms with Gasteiger partial charge in [0.25, 0.3) is 0 Å². The number of benzene rings is 2. The van der Waals surface area contributed by atoms with Crippen molar-refractivity contribution in [3.63, 3.8) is 0 Å². The first-order valence-corrected chi connectivity index (χ1v) is 11.3. The third kappa shape index (κ3) is 5.75. The van der Waals surface area contributed by atoms with Crippen LogP contribution in [0.1, 0.15) is 50.3 Å². The van der Waals surface area contributed by atoms with E-state index in [0.717, 1.165) is 18.4 Å². The Hall–Kier alpha value is -2.70. The number of para-hydroxylation sites is 1. The van der Waals surface area contributed by atoms with Gasteiger partial charge in [-0.3, -0.25) is 0 Å². The van der Waals surface area contributed by atoms with Crippen LogP contribution < -0.4 is 15.4 Å². The average molecular weight is 477 g/mol. The van der Waals surface area contributed by atoms with Crippen molar-refractivity contribution in [3.8, 4) is 5.75 Å². The summed E-state index contributed by atoms with van der Waals surface area (Å²) in [4.78, 5) is 25.3. The highest BCUT2D eigenvalue weighted by Gasteiger charge is 2.35. The summed E-state index contributed by atoms with van der Waals surface area (Å²) < 4.78 is 11.4. The predicted octanol–water partition coefficient (Wildman–Crippen LogP) is 5.93. The minimum atomic E-state index is -0.702. The molecule has 6 nitrogen and oxygen atoms in total. The zero-order valence-corrected chi connectivity index (χ0v) is 19.6. The summed E-state index contributed by atoms with van der Waals surface area (Å²) in [7, 11) is 0. The SMILES string of the molecule is CCCCC1=C(C(=O)OCC)C(c2ccccc2OCc2ccc(Cl)cc2Cl)NC(=O)N1. The molecular weight excluding hydrogens is 451 g/mol. The van der Waals surface area contributed by atoms with E-state index in [1.807, 2.05) is 18.2 Å². The van der Waals surface area contributed by atoms with E-state index < -0.39 is 12.0 Å². The van der Waals surface area contributed by atoms with Gasteiger partial charge in [0.2, 0.25) is 0 Å². The second-order valence-electron chi connectivity index (χ2n) is 7.31. The molecule has 8 heteroatoms. The third-order valence-corrected chi connectivity index (χ3v) is 5.64. The van der Waals surface area contributed by atoms with Gasteiger partial charge in [-0.25, -0.2) is 9.59 Å². The number of carbonyl (C=O) groups excluding carboxylic acids is 2. The van der Waals surface area contributed by atoms with E-state index >= 15 is 0 Å². The molecule has 0 saturated heterocycles. The maximum atomic E-state index is 12.9. The maximum Gasteiger partial charge on any atom is 0.338 e. The van der Waals surface area contributed by atoms with Crippen LogP contribution in [0.5, 0.6) is 5.75 Å². The number of urea groups is 1. The molecule has 0 spiro atoms. The van der Waals surface area contributed by atoms with E-state index in [9.17, 15) is 9.59 Å². The average Bonchev–Trinajstić information content (AvgIpc) is 2.77. The van der Waals surface area contributed by atoms with E-state index in [-0.39, 0.29) is 19.2 Å². The molecular formula is C24H26Cl2N2O4. The van der Waals surface area contributed by atoms with Gasteiger partial charge in [-0.15, -0.1) is 0 Å². The first-order chi connectivity index (χ1) is 15.4. The van der Waals surface area contributed by atoms with Crippen LogP contribution >= 0.6 is 23.2 Å². The van der Waals surface area contributed by atoms with Crippen LogP contribution in [0.3, 0.4) is 0 Å². The molecule has 0 saturated carbocycles. The smallest absolute Gasteiger partial charge is 0.338 e. The minimum absolute atomic E-state index is 0.201. The lowest BCUT2D eigenvalue weighted by Gasteiger charge is -2.30. The minimum Gasteiger partial charge on any atom is -0.488 e. The first kappa shape index (κ1) is 24.0. The summed E-state index contributed by atoms with van der Waals surface area (Å²) in [5.74, 6) is 0.0639. The van der Waals surface area contributed by atoms with Gasteiger partial charge in [0.1, 0.15) is 12.4 Å². The fourth-order valence-electron chi connectivity index (χ4n) is 3.50. The molecule has 1 heterocycles. The van der Waals surface area contributed by atoms with Gasteiger partial charge >= 0.3 is 12.0 Å². The van der Waals surface area contributed by atoms with Crippen LogP contribution in [0.4, 0.5) is 4.79 Å². The Balaban J connectivity index is 1.97. The van der Waals surface area contributed by atoms with Gasteiger partial charge < -0.3 is 20.1 Å². The normalized spacial score (nSPS) is 15.8. The van der Waals surface area contributed by atoms with Crippen molar-refractivity contribution >= 4 is 35.2 Å². The quantitative estimate of drug-likeness (QED) is 0.439. The Morgan fingerprint density at radius 3 is 2.62 bits per heavy atom. The van der Waals surface area contributed by atoms with Crippen molar-refractivity contribution in [2.45, 2.75) is 45.8 Å². The molecule has 170 valence electrons. The highest BCUT2D eigenvalue weighted by atomic mass is 35.5. The van der Waals surface area contributed by atoms with E-state index in [4.69, 9.17) is 32.7 Å². The van der Waals surface area contributed by atoms with Crippen LogP contribution in [0.2, 0.25) is 10.0 Å². The molecule has 0 fully saturated rings. The lowest BCUT2D eigenvalue weighted by atomic mass is 9.93. The number of ether oxygens (including phenoxy) is 2. The molecule has 1 unspecified atom stereocenters. The Morgan fingerprint density at radius 1 is 1.12 bits per heavy atom. The molecule has 2 N–H and O–H groups in total. The highest BCUT2D eigenvalue weighted by Crippen LogP contribution is 2.35. The molecule has 3 rings (SSSR count). The number of rotatable bonds is 9. The van der Waals surface area contributed by atoms with Crippen molar-refractivity contribution in [1.82, 2.24) is 10.6 Å². The van der Waals surface area contributed by atoms with E-state index in [0.29, 0.717) is 39.0 Å². The van der Waals surface area contributed by atoms with E-state index in [1.165, 1.54) is 0 Å². The van der Waals surface area contributed by atoms with Crippen molar-refractivity contribution < 1.29 is 19.1 Å². The van der Waals surface area contributed by atoms with Crippen LogP contribution in [0.25, 0.3) is 0 Å². The van der Waals surface area contributed by atoms with Gasteiger partial charge in [0, 0.05) is 26.9 Å². The Labute approximate surface area is 197 Å². The maximum absolute atomic E-state index is 12.9. The fourth-order valence-corrected chi connectivity index (χ4v) is 3.96. The topological polar surface area (TPSA) is 76.7 Å². The van der Waals surface area contributed by atoms with Gasteiger partial charge in [-0.2, -0.15) is 0 Å². The second kappa shape index (κ2) is 11.2. The molecule has 1 aliphatic rings. The number of amides is 2. The molecule has 32 heavy (non-hydrogen) atoms. The van der Waals surface area contributed by atoms with Gasteiger partial charge in [-0.1, -0.05) is 60.8 Å². The van der Waals surface area contributed by atoms with Gasteiger partial charge in [-0.05, 0) is 38.0 Å². The van der Waals surface area contributed by atoms with Crippen molar-refractivity contribution in [2.24, 2.45) is 0 Å². The second-order valence-corrected chi connectivity index (χ2v) is 8.15. The molecule has 0 aliphatic carbocycles. The van der Waals surface area contributed by atoms with E-state index in [2.05, 4.69) is 17.6 Å². The molecule has 2 aromatic rings. The number of allylic oxidation sites excluding steroid dienone is 1. The van der Waals surface area contributed by atoms with Gasteiger partial charge in [0.15, 0.2) is 0 Å². The summed E-state index contributed by atoms with van der Waals surface area (Å²) >= 11 is 12.2. The lowest BCUT2D eigenvalue weighted by Crippen LogP contribution is -2.46. The molecule has 1 aliphatic heterocycles. The summed E-state index contributed by atoms with van der Waals surface area (Å²) in [6, 6.07) is 11.4. The summed E-state index contributed by atoms with van der Waals surface area (Å²) in [5.41, 5.74) is 2.39. The van der Waals surface area contributed by atoms with E-state index in [1.54, 1.807) is 31.2 Å². The zero-order valence-electron chi connectivity index (χ0n) is 18.0. The van der Waals surface area contributed by atoms with Crippen molar-refractivity contribution in [3.05, 3.63) is 74.9 Å². The van der Waals surface area contributed by atoms with Crippen LogP contribution in [0.15, 0.2) is 53.7 Å². The summed E-state index contributed by atoms with van der Waals surface area (Å²) in [5, 5.41) is 6.68. The predicted molar refractivity (Wildman–Crippen MR) is 125 cm³/mol. The number of nitrogens with one attached hydrogen (secondary N) is 2. The first-order valence-electron chi connectivity index (χ1n) is 10.6. The molecule has 2 aromatic carbocycles. The number of unbranched alkanes of at least 4 members (excludes halogenated alkanes) is 1. The summed E-state index contributed by atoms with van der Waals surface area (Å²) in [6.45, 7) is 4.24. The molecule has 0 radical (unpaired) electrons. The lowest BCUT2D eigenvalue weighted by molar-refractivity contribution is -0.139. The Morgan fingerprint density at radius 2 is 1.91 bits per heavy atom. The number of hydrogen-bond donors (Lipinski definition) is 2. The summed E-state index contributed by atoms with van der Waals surface area (Å²) in [6.07, 6.45) is 2.32. The molecule has 1 atom stereocenters. The zero-order chi connectivity index (χ0) is 23.1. The van der Waals surface area contributed by atoms with Crippen LogP contribution in [-0.4, -0.2) is 18.6 Å². The van der Waals surface area contributed by atoms with Crippen LogP contribution in [0, 0.1) is 0 Å². The third-order valence-electron chi connectivity index (χ3n) is 5.06. The molecule has 0 aromatic heterocycles. The molecule has 0 bridgehead atoms. The van der Waals surface area contributed by atoms with Crippen LogP contribution in [-0.2, 0) is 16.1 Å². The standard InChI is InChI=1S/C24H26Cl2N2O4/c1-3-5-9-19-21(23(29)31-4-2)22(28-24(30)27-19)17-8-6-7-10-20(17)32-14-15-11-12-16(25)13-18(15)26/h6-8,10-13,22H,3-5,9,14H2,1-2H3,(H2,27,28,30). The fraction of sp³-hybridized carbons (Fsp3) is 0.333.